The molecule has 0 heterocycles. The number of amidine groups is 1. The van der Waals surface area contributed by atoms with Crippen LogP contribution in [0.1, 0.15) is 59.1 Å². The molecule has 0 atom stereocenters. The summed E-state index contributed by atoms with van der Waals surface area (Å²) in [5.74, 6) is 0.902. The maximum absolute atomic E-state index is 8.18. The van der Waals surface area contributed by atoms with E-state index in [1.54, 1.807) is 4.90 Å². The van der Waals surface area contributed by atoms with E-state index in [1.165, 1.54) is 0 Å². The van der Waals surface area contributed by atoms with Gasteiger partial charge in [0.05, 0.1) is 6.61 Å². The molecule has 7 heteroatoms. The summed E-state index contributed by atoms with van der Waals surface area (Å²) >= 11 is 0. The molecule has 0 fully saturated rings. The molecule has 0 unspecified atom stereocenters. The predicted molar refractivity (Wildman–Crippen MR) is 160 cm³/mol. The third-order valence-electron chi connectivity index (χ3n) is 5.44. The summed E-state index contributed by atoms with van der Waals surface area (Å²) in [5, 5.41) is 11.5. The molecule has 0 aromatic heterocycles. The Balaban J connectivity index is 1.91. The third-order valence-corrected chi connectivity index (χ3v) is 5.44. The highest BCUT2D eigenvalue weighted by atomic mass is 16.6. The zero-order valence-corrected chi connectivity index (χ0v) is 23.4. The van der Waals surface area contributed by atoms with Crippen LogP contribution < -0.4 is 15.7 Å². The number of guanidine groups is 1. The van der Waals surface area contributed by atoms with Crippen molar-refractivity contribution < 1.29 is 4.84 Å². The maximum Gasteiger partial charge on any atom is 0.221 e. The summed E-state index contributed by atoms with van der Waals surface area (Å²) < 4.78 is 0. The van der Waals surface area contributed by atoms with Crippen molar-refractivity contribution in [1.29, 1.82) is 5.41 Å². The van der Waals surface area contributed by atoms with Gasteiger partial charge >= 0.3 is 0 Å². The minimum Gasteiger partial charge on any atom is -0.356 e. The van der Waals surface area contributed by atoms with Gasteiger partial charge in [-0.15, -0.1) is 0 Å². The minimum atomic E-state index is 0.0826. The Hall–Kier alpha value is -3.71. The summed E-state index contributed by atoms with van der Waals surface area (Å²) in [4.78, 5) is 16.0. The van der Waals surface area contributed by atoms with Crippen LogP contribution in [0.4, 0.5) is 11.4 Å². The van der Waals surface area contributed by atoms with Crippen LogP contribution in [0, 0.1) is 10.8 Å². The van der Waals surface area contributed by atoms with Crippen molar-refractivity contribution in [2.24, 2.45) is 15.4 Å². The van der Waals surface area contributed by atoms with E-state index in [9.17, 15) is 0 Å². The van der Waals surface area contributed by atoms with Gasteiger partial charge in [-0.05, 0) is 61.1 Å². The number of nitrogens with one attached hydrogen (secondary N) is 3. The van der Waals surface area contributed by atoms with Gasteiger partial charge in [0.1, 0.15) is 5.84 Å². The van der Waals surface area contributed by atoms with Crippen molar-refractivity contribution in [3.05, 3.63) is 78.5 Å². The van der Waals surface area contributed by atoms with E-state index in [-0.39, 0.29) is 11.4 Å². The normalized spacial score (nSPS) is 12.2. The van der Waals surface area contributed by atoms with Crippen LogP contribution >= 0.6 is 0 Å². The fourth-order valence-corrected chi connectivity index (χ4v) is 3.19. The molecule has 7 nitrogen and oxygen atoms in total. The third kappa shape index (κ3) is 10.4. The molecule has 0 aliphatic carbocycles. The standard InChI is InChI=1S/C30H42N6O/c1-10-21(2)33-29(31)36(9)28-17-13-26(14-18-28)23(4)34-27-15-11-25(12-16-27)19-22(3)32-24(5)35-37-20-30(6,7)8/h11-18,31,34H,3-4,10,19-20H2,1-2,5-9H3,(H,32,35)/b31-29?,33-21-. The average molecular weight is 503 g/mol. The van der Waals surface area contributed by atoms with Crippen molar-refractivity contribution in [3.8, 4) is 0 Å². The van der Waals surface area contributed by atoms with Gasteiger partial charge < -0.3 is 10.2 Å². The molecule has 0 amide bonds. The number of anilines is 2. The molecule has 3 N–H and O–H groups in total. The second kappa shape index (κ2) is 13.6. The van der Waals surface area contributed by atoms with E-state index in [0.29, 0.717) is 18.9 Å². The molecule has 0 saturated heterocycles. The van der Waals surface area contributed by atoms with E-state index in [2.05, 4.69) is 66.8 Å². The Morgan fingerprint density at radius 3 is 2.19 bits per heavy atom. The van der Waals surface area contributed by atoms with Crippen molar-refractivity contribution >= 4 is 34.6 Å². The minimum absolute atomic E-state index is 0.0826. The van der Waals surface area contributed by atoms with Crippen molar-refractivity contribution in [1.82, 2.24) is 5.48 Å². The lowest BCUT2D eigenvalue weighted by molar-refractivity contribution is 0.0312. The molecule has 0 aliphatic heterocycles. The Labute approximate surface area is 222 Å². The van der Waals surface area contributed by atoms with Crippen molar-refractivity contribution in [2.45, 2.75) is 54.4 Å². The van der Waals surface area contributed by atoms with Gasteiger partial charge in [-0.3, -0.25) is 15.7 Å². The highest BCUT2D eigenvalue weighted by Crippen LogP contribution is 2.22. The molecule has 0 bridgehead atoms. The molecule has 2 aromatic rings. The predicted octanol–water partition coefficient (Wildman–Crippen LogP) is 7.05. The SMILES string of the molecule is C=C(Cc1ccc(NC(=C)c2ccc(N(C)C(=N)/N=C(/C)CC)cc2)cc1)N=C(C)NOCC(C)(C)C. The van der Waals surface area contributed by atoms with Gasteiger partial charge in [-0.25, -0.2) is 9.98 Å². The average Bonchev–Trinajstić information content (AvgIpc) is 2.83. The molecule has 0 spiro atoms. The van der Waals surface area contributed by atoms with Gasteiger partial charge in [0.25, 0.3) is 0 Å². The topological polar surface area (TPSA) is 85.1 Å². The van der Waals surface area contributed by atoms with Crippen LogP contribution in [0.15, 0.2) is 77.4 Å². The molecule has 2 aromatic carbocycles. The summed E-state index contributed by atoms with van der Waals surface area (Å²) in [6, 6.07) is 16.1. The molecule has 0 aliphatic rings. The van der Waals surface area contributed by atoms with E-state index in [1.807, 2.05) is 64.2 Å². The van der Waals surface area contributed by atoms with Crippen LogP contribution in [0.5, 0.6) is 0 Å². The van der Waals surface area contributed by atoms with Crippen LogP contribution in [-0.2, 0) is 11.3 Å². The zero-order chi connectivity index (χ0) is 27.6. The molecule has 2 rings (SSSR count). The second-order valence-corrected chi connectivity index (χ2v) is 10.3. The maximum atomic E-state index is 8.18. The number of allylic oxidation sites excluding steroid dienone is 1. The lowest BCUT2D eigenvalue weighted by atomic mass is 9.99. The number of hydrogen-bond donors (Lipinski definition) is 3. The van der Waals surface area contributed by atoms with Gasteiger partial charge in [0, 0.05) is 41.9 Å². The molecule has 0 radical (unpaired) electrons. The van der Waals surface area contributed by atoms with E-state index in [4.69, 9.17) is 10.2 Å². The highest BCUT2D eigenvalue weighted by Gasteiger charge is 2.10. The number of nitrogens with zero attached hydrogens (tertiary/aromatic N) is 3. The Morgan fingerprint density at radius 2 is 1.62 bits per heavy atom. The van der Waals surface area contributed by atoms with E-state index < -0.39 is 0 Å². The fraction of sp³-hybridized carbons (Fsp3) is 0.367. The lowest BCUT2D eigenvalue weighted by Crippen LogP contribution is -2.26. The number of aliphatic imine (C=N–C) groups is 2. The molecular weight excluding hydrogens is 460 g/mol. The van der Waals surface area contributed by atoms with Gasteiger partial charge in [-0.2, -0.15) is 0 Å². The number of hydroxylamine groups is 1. The molecular formula is C30H42N6O. The highest BCUT2D eigenvalue weighted by molar-refractivity contribution is 6.02. The summed E-state index contributed by atoms with van der Waals surface area (Å²) in [7, 11) is 1.84. The monoisotopic (exact) mass is 502 g/mol. The first-order valence-electron chi connectivity index (χ1n) is 12.5. The van der Waals surface area contributed by atoms with Crippen molar-refractivity contribution in [2.75, 3.05) is 23.9 Å². The van der Waals surface area contributed by atoms with Crippen LogP contribution in [0.2, 0.25) is 0 Å². The first-order chi connectivity index (χ1) is 17.4. The van der Waals surface area contributed by atoms with E-state index >= 15 is 0 Å². The second-order valence-electron chi connectivity index (χ2n) is 10.3. The fourth-order valence-electron chi connectivity index (χ4n) is 3.19. The number of benzene rings is 2. The van der Waals surface area contributed by atoms with Crippen LogP contribution in [0.3, 0.4) is 0 Å². The molecule has 0 saturated carbocycles. The molecule has 37 heavy (non-hydrogen) atoms. The molecule has 198 valence electrons. The van der Waals surface area contributed by atoms with Gasteiger partial charge in [0.2, 0.25) is 5.96 Å². The zero-order valence-electron chi connectivity index (χ0n) is 23.4. The first kappa shape index (κ1) is 29.5. The van der Waals surface area contributed by atoms with E-state index in [0.717, 1.165) is 46.0 Å². The van der Waals surface area contributed by atoms with Crippen LogP contribution in [-0.4, -0.2) is 31.2 Å². The van der Waals surface area contributed by atoms with Gasteiger partial charge in [-0.1, -0.05) is 65.1 Å². The summed E-state index contributed by atoms with van der Waals surface area (Å²) in [5.41, 5.74) is 9.37. The lowest BCUT2D eigenvalue weighted by Gasteiger charge is -2.18. The number of hydrogen-bond acceptors (Lipinski definition) is 4. The summed E-state index contributed by atoms with van der Waals surface area (Å²) in [6.45, 7) is 21.0. The Bertz CT molecular complexity index is 1140. The quantitative estimate of drug-likeness (QED) is 0.185. The largest absolute Gasteiger partial charge is 0.356 e. The van der Waals surface area contributed by atoms with Crippen molar-refractivity contribution in [3.63, 3.8) is 0 Å². The Morgan fingerprint density at radius 1 is 1.00 bits per heavy atom. The first-order valence-corrected chi connectivity index (χ1v) is 12.5. The number of rotatable bonds is 10. The Kier molecular flexibility index (Phi) is 10.8. The van der Waals surface area contributed by atoms with Crippen LogP contribution in [0.25, 0.3) is 5.70 Å². The van der Waals surface area contributed by atoms with Gasteiger partial charge in [0.15, 0.2) is 0 Å². The summed E-state index contributed by atoms with van der Waals surface area (Å²) in [6.07, 6.45) is 1.47. The smallest absolute Gasteiger partial charge is 0.221 e.